The molecular weight excluding hydrogens is 306 g/mol. The first-order chi connectivity index (χ1) is 8.15. The van der Waals surface area contributed by atoms with E-state index in [1.807, 2.05) is 12.1 Å². The van der Waals surface area contributed by atoms with Crippen LogP contribution in [0.15, 0.2) is 34.2 Å². The summed E-state index contributed by atoms with van der Waals surface area (Å²) in [6.45, 7) is 0.654. The van der Waals surface area contributed by atoms with Gasteiger partial charge in [0, 0.05) is 10.9 Å². The number of aromatic nitrogens is 1. The summed E-state index contributed by atoms with van der Waals surface area (Å²) in [6, 6.07) is 7.01. The van der Waals surface area contributed by atoms with E-state index in [1.54, 1.807) is 17.4 Å². The summed E-state index contributed by atoms with van der Waals surface area (Å²) >= 11 is 5.02. The van der Waals surface area contributed by atoms with Gasteiger partial charge in [-0.25, -0.2) is 4.98 Å². The van der Waals surface area contributed by atoms with Crippen LogP contribution in [0.4, 0.5) is 11.5 Å². The number of hydrogen-bond donors (Lipinski definition) is 1. The minimum Gasteiger partial charge on any atom is -0.365 e. The van der Waals surface area contributed by atoms with Gasteiger partial charge < -0.3 is 5.32 Å². The third-order valence-electron chi connectivity index (χ3n) is 2.03. The Bertz CT molecular complexity index is 527. The minimum absolute atomic E-state index is 0.00517. The Kier molecular flexibility index (Phi) is 3.70. The molecule has 17 heavy (non-hydrogen) atoms. The second-order valence-electron chi connectivity index (χ2n) is 3.22. The van der Waals surface area contributed by atoms with Gasteiger partial charge >= 0.3 is 0 Å². The van der Waals surface area contributed by atoms with E-state index in [0.29, 0.717) is 12.4 Å². The SMILES string of the molecule is O=[N+]([O-])c1ccc(NCc2ccc(Br)s2)nc1. The highest BCUT2D eigenvalue weighted by Gasteiger charge is 2.05. The van der Waals surface area contributed by atoms with Crippen LogP contribution in [0.1, 0.15) is 4.88 Å². The zero-order chi connectivity index (χ0) is 12.3. The predicted octanol–water partition coefficient (Wildman–Crippen LogP) is 3.43. The first-order valence-electron chi connectivity index (χ1n) is 4.73. The van der Waals surface area contributed by atoms with E-state index < -0.39 is 4.92 Å². The average Bonchev–Trinajstić information content (AvgIpc) is 2.73. The molecule has 2 heterocycles. The molecule has 5 nitrogen and oxygen atoms in total. The van der Waals surface area contributed by atoms with Crippen molar-refractivity contribution >= 4 is 38.8 Å². The predicted molar refractivity (Wildman–Crippen MR) is 70.2 cm³/mol. The van der Waals surface area contributed by atoms with Crippen molar-refractivity contribution in [1.29, 1.82) is 0 Å². The van der Waals surface area contributed by atoms with Gasteiger partial charge in [-0.05, 0) is 34.1 Å². The number of anilines is 1. The van der Waals surface area contributed by atoms with Gasteiger partial charge in [-0.3, -0.25) is 10.1 Å². The molecule has 0 spiro atoms. The summed E-state index contributed by atoms with van der Waals surface area (Å²) in [5, 5.41) is 13.5. The highest BCUT2D eigenvalue weighted by Crippen LogP contribution is 2.22. The molecule has 0 aliphatic carbocycles. The molecule has 0 saturated carbocycles. The first kappa shape index (κ1) is 12.0. The minimum atomic E-state index is -0.465. The van der Waals surface area contributed by atoms with E-state index in [9.17, 15) is 10.1 Å². The lowest BCUT2D eigenvalue weighted by Crippen LogP contribution is -1.99. The van der Waals surface area contributed by atoms with Gasteiger partial charge in [-0.1, -0.05) is 0 Å². The van der Waals surface area contributed by atoms with Crippen molar-refractivity contribution in [3.63, 3.8) is 0 Å². The molecule has 0 bridgehead atoms. The van der Waals surface area contributed by atoms with Crippen LogP contribution in [0.3, 0.4) is 0 Å². The van der Waals surface area contributed by atoms with E-state index >= 15 is 0 Å². The normalized spacial score (nSPS) is 10.2. The maximum absolute atomic E-state index is 10.4. The Morgan fingerprint density at radius 1 is 1.41 bits per heavy atom. The van der Waals surface area contributed by atoms with Gasteiger partial charge in [0.15, 0.2) is 0 Å². The third kappa shape index (κ3) is 3.24. The molecule has 7 heteroatoms. The van der Waals surface area contributed by atoms with Crippen LogP contribution < -0.4 is 5.32 Å². The molecule has 0 saturated heterocycles. The van der Waals surface area contributed by atoms with E-state index in [4.69, 9.17) is 0 Å². The van der Waals surface area contributed by atoms with Crippen molar-refractivity contribution in [2.24, 2.45) is 0 Å². The summed E-state index contributed by atoms with van der Waals surface area (Å²) in [6.07, 6.45) is 1.24. The van der Waals surface area contributed by atoms with Crippen LogP contribution in [0, 0.1) is 10.1 Å². The van der Waals surface area contributed by atoms with Gasteiger partial charge in [0.05, 0.1) is 15.3 Å². The van der Waals surface area contributed by atoms with Crippen molar-refractivity contribution < 1.29 is 4.92 Å². The van der Waals surface area contributed by atoms with Crippen LogP contribution in [-0.4, -0.2) is 9.91 Å². The van der Waals surface area contributed by atoms with E-state index in [2.05, 4.69) is 26.2 Å². The molecule has 0 radical (unpaired) electrons. The number of thiophene rings is 1. The summed E-state index contributed by atoms with van der Waals surface area (Å²) in [7, 11) is 0. The molecule has 0 amide bonds. The Hall–Kier alpha value is -1.47. The average molecular weight is 314 g/mol. The fourth-order valence-electron chi connectivity index (χ4n) is 1.22. The van der Waals surface area contributed by atoms with Crippen LogP contribution in [0.2, 0.25) is 0 Å². The monoisotopic (exact) mass is 313 g/mol. The van der Waals surface area contributed by atoms with Gasteiger partial charge in [0.25, 0.3) is 5.69 Å². The third-order valence-corrected chi connectivity index (χ3v) is 3.65. The van der Waals surface area contributed by atoms with Crippen molar-refractivity contribution in [3.8, 4) is 0 Å². The molecule has 88 valence electrons. The Morgan fingerprint density at radius 3 is 2.76 bits per heavy atom. The number of hydrogen-bond acceptors (Lipinski definition) is 5. The summed E-state index contributed by atoms with van der Waals surface area (Å²) in [5.74, 6) is 0.625. The maximum Gasteiger partial charge on any atom is 0.287 e. The molecule has 2 rings (SSSR count). The zero-order valence-corrected chi connectivity index (χ0v) is 11.0. The molecule has 0 atom stereocenters. The Morgan fingerprint density at radius 2 is 2.24 bits per heavy atom. The smallest absolute Gasteiger partial charge is 0.287 e. The van der Waals surface area contributed by atoms with Gasteiger partial charge in [-0.2, -0.15) is 0 Å². The molecule has 1 N–H and O–H groups in total. The molecular formula is C10H8BrN3O2S. The lowest BCUT2D eigenvalue weighted by molar-refractivity contribution is -0.385. The number of nitro groups is 1. The summed E-state index contributed by atoms with van der Waals surface area (Å²) in [5.41, 5.74) is -0.00517. The zero-order valence-electron chi connectivity index (χ0n) is 8.59. The van der Waals surface area contributed by atoms with Crippen molar-refractivity contribution in [1.82, 2.24) is 4.98 Å². The Balaban J connectivity index is 1.97. The topological polar surface area (TPSA) is 68.1 Å². The maximum atomic E-state index is 10.4. The number of rotatable bonds is 4. The summed E-state index contributed by atoms with van der Waals surface area (Å²) in [4.78, 5) is 15.1. The van der Waals surface area contributed by atoms with Crippen LogP contribution in [0.5, 0.6) is 0 Å². The van der Waals surface area contributed by atoms with Gasteiger partial charge in [-0.15, -0.1) is 11.3 Å². The quantitative estimate of drug-likeness (QED) is 0.693. The van der Waals surface area contributed by atoms with Crippen LogP contribution in [-0.2, 0) is 6.54 Å². The molecule has 0 aliphatic rings. The second kappa shape index (κ2) is 5.24. The van der Waals surface area contributed by atoms with Gasteiger partial charge in [0.2, 0.25) is 0 Å². The first-order valence-corrected chi connectivity index (χ1v) is 6.34. The fourth-order valence-corrected chi connectivity index (χ4v) is 2.65. The van der Waals surface area contributed by atoms with Crippen molar-refractivity contribution in [2.75, 3.05) is 5.32 Å². The van der Waals surface area contributed by atoms with Crippen molar-refractivity contribution in [2.45, 2.75) is 6.54 Å². The standard InChI is InChI=1S/C10H8BrN3O2S/c11-9-3-2-8(17-9)6-13-10-4-1-7(5-12-10)14(15)16/h1-5H,6H2,(H,12,13). The lowest BCUT2D eigenvalue weighted by atomic mass is 10.4. The van der Waals surface area contributed by atoms with E-state index in [-0.39, 0.29) is 5.69 Å². The molecule has 0 aliphatic heterocycles. The highest BCUT2D eigenvalue weighted by molar-refractivity contribution is 9.11. The van der Waals surface area contributed by atoms with Gasteiger partial charge in [0.1, 0.15) is 12.0 Å². The number of pyridine rings is 1. The molecule has 0 unspecified atom stereocenters. The van der Waals surface area contributed by atoms with E-state index in [0.717, 1.165) is 8.66 Å². The molecule has 2 aromatic rings. The molecule has 0 fully saturated rings. The largest absolute Gasteiger partial charge is 0.365 e. The van der Waals surface area contributed by atoms with Crippen LogP contribution in [0.25, 0.3) is 0 Å². The number of halogens is 1. The lowest BCUT2D eigenvalue weighted by Gasteiger charge is -2.02. The second-order valence-corrected chi connectivity index (χ2v) is 5.77. The molecule has 0 aromatic carbocycles. The molecule has 2 aromatic heterocycles. The summed E-state index contributed by atoms with van der Waals surface area (Å²) < 4.78 is 1.07. The van der Waals surface area contributed by atoms with E-state index in [1.165, 1.54) is 12.3 Å². The van der Waals surface area contributed by atoms with Crippen molar-refractivity contribution in [3.05, 3.63) is 49.2 Å². The van der Waals surface area contributed by atoms with Crippen LogP contribution >= 0.6 is 27.3 Å². The fraction of sp³-hybridized carbons (Fsp3) is 0.100. The highest BCUT2D eigenvalue weighted by atomic mass is 79.9. The number of nitrogens with zero attached hydrogens (tertiary/aromatic N) is 2. The Labute approximate surface area is 110 Å². The number of nitrogens with one attached hydrogen (secondary N) is 1.